The molecule has 0 amide bonds. The quantitative estimate of drug-likeness (QED) is 0.828. The van der Waals surface area contributed by atoms with Crippen LogP contribution in [0.3, 0.4) is 0 Å². The van der Waals surface area contributed by atoms with Gasteiger partial charge in [0.2, 0.25) is 0 Å². The fourth-order valence-electron chi connectivity index (χ4n) is 1.74. The molecular weight excluding hydrogens is 236 g/mol. The van der Waals surface area contributed by atoms with E-state index >= 15 is 0 Å². The lowest BCUT2D eigenvalue weighted by atomic mass is 9.88. The van der Waals surface area contributed by atoms with E-state index in [9.17, 15) is 4.79 Å². The Labute approximate surface area is 108 Å². The van der Waals surface area contributed by atoms with E-state index in [-0.39, 0.29) is 5.41 Å². The average Bonchev–Trinajstić information content (AvgIpc) is 2.42. The molecule has 0 saturated carbocycles. The maximum absolute atomic E-state index is 11.8. The molecule has 0 aromatic carbocycles. The number of aryl methyl sites for hydroxylation is 2. The Morgan fingerprint density at radius 1 is 1.41 bits per heavy atom. The zero-order chi connectivity index (χ0) is 13.2. The number of hydrogen-bond donors (Lipinski definition) is 0. The number of carbonyl (C=O) groups is 1. The second kappa shape index (κ2) is 5.21. The molecule has 3 nitrogen and oxygen atoms in total. The van der Waals surface area contributed by atoms with Gasteiger partial charge in [-0.05, 0) is 19.8 Å². The Balaban J connectivity index is 2.55. The standard InChI is InChI=1S/C13H21ClN2O/c1-9-12(14)10(16(5)15-9)7-6-8-11(17)13(2,3)4/h6-8H2,1-5H3. The van der Waals surface area contributed by atoms with Crippen molar-refractivity contribution in [1.29, 1.82) is 0 Å². The van der Waals surface area contributed by atoms with Crippen molar-refractivity contribution in [3.05, 3.63) is 16.4 Å². The highest BCUT2D eigenvalue weighted by atomic mass is 35.5. The van der Waals surface area contributed by atoms with Crippen LogP contribution in [0.1, 0.15) is 45.0 Å². The van der Waals surface area contributed by atoms with E-state index in [2.05, 4.69) is 5.10 Å². The molecule has 0 radical (unpaired) electrons. The van der Waals surface area contributed by atoms with Crippen LogP contribution in [-0.2, 0) is 18.3 Å². The molecule has 1 aromatic rings. The molecule has 4 heteroatoms. The summed E-state index contributed by atoms with van der Waals surface area (Å²) >= 11 is 6.15. The molecule has 1 heterocycles. The number of nitrogens with zero attached hydrogens (tertiary/aromatic N) is 2. The molecule has 17 heavy (non-hydrogen) atoms. The van der Waals surface area contributed by atoms with Crippen LogP contribution in [0.25, 0.3) is 0 Å². The molecule has 0 aliphatic carbocycles. The first kappa shape index (κ1) is 14.2. The summed E-state index contributed by atoms with van der Waals surface area (Å²) in [7, 11) is 1.89. The maximum Gasteiger partial charge on any atom is 0.138 e. The fourth-order valence-corrected chi connectivity index (χ4v) is 2.00. The van der Waals surface area contributed by atoms with Crippen LogP contribution in [0.4, 0.5) is 0 Å². The number of rotatable bonds is 4. The van der Waals surface area contributed by atoms with Crippen LogP contribution in [0.2, 0.25) is 5.02 Å². The van der Waals surface area contributed by atoms with Gasteiger partial charge in [0.05, 0.1) is 16.4 Å². The largest absolute Gasteiger partial charge is 0.299 e. The lowest BCUT2D eigenvalue weighted by molar-refractivity contribution is -0.126. The first-order chi connectivity index (χ1) is 7.73. The van der Waals surface area contributed by atoms with Crippen LogP contribution in [0.15, 0.2) is 0 Å². The van der Waals surface area contributed by atoms with Crippen molar-refractivity contribution in [2.45, 2.75) is 47.0 Å². The van der Waals surface area contributed by atoms with Crippen LogP contribution in [0, 0.1) is 12.3 Å². The highest BCUT2D eigenvalue weighted by Gasteiger charge is 2.20. The van der Waals surface area contributed by atoms with Crippen LogP contribution in [0.5, 0.6) is 0 Å². The molecule has 1 rings (SSSR count). The Hall–Kier alpha value is -0.830. The fraction of sp³-hybridized carbons (Fsp3) is 0.692. The Morgan fingerprint density at radius 3 is 2.41 bits per heavy atom. The van der Waals surface area contributed by atoms with E-state index in [0.717, 1.165) is 29.3 Å². The Morgan fingerprint density at radius 2 is 2.00 bits per heavy atom. The van der Waals surface area contributed by atoms with Crippen molar-refractivity contribution in [3.8, 4) is 0 Å². The lowest BCUT2D eigenvalue weighted by Crippen LogP contribution is -2.19. The third kappa shape index (κ3) is 3.56. The number of carbonyl (C=O) groups excluding carboxylic acids is 1. The molecule has 0 spiro atoms. The van der Waals surface area contributed by atoms with Crippen LogP contribution >= 0.6 is 11.6 Å². The van der Waals surface area contributed by atoms with Crippen molar-refractivity contribution in [1.82, 2.24) is 9.78 Å². The van der Waals surface area contributed by atoms with Gasteiger partial charge < -0.3 is 0 Å². The summed E-state index contributed by atoms with van der Waals surface area (Å²) in [4.78, 5) is 11.8. The van der Waals surface area contributed by atoms with Crippen LogP contribution < -0.4 is 0 Å². The van der Waals surface area contributed by atoms with Gasteiger partial charge in [0.25, 0.3) is 0 Å². The van der Waals surface area contributed by atoms with E-state index in [0.29, 0.717) is 12.2 Å². The molecule has 0 fully saturated rings. The first-order valence-electron chi connectivity index (χ1n) is 5.94. The number of ketones is 1. The van der Waals surface area contributed by atoms with Gasteiger partial charge in [-0.3, -0.25) is 9.48 Å². The minimum atomic E-state index is -0.244. The summed E-state index contributed by atoms with van der Waals surface area (Å²) in [6.45, 7) is 7.76. The molecule has 0 atom stereocenters. The zero-order valence-corrected chi connectivity index (χ0v) is 12.1. The molecule has 0 saturated heterocycles. The monoisotopic (exact) mass is 256 g/mol. The predicted molar refractivity (Wildman–Crippen MR) is 70.4 cm³/mol. The maximum atomic E-state index is 11.8. The molecule has 0 N–H and O–H groups in total. The van der Waals surface area contributed by atoms with Crippen molar-refractivity contribution >= 4 is 17.4 Å². The van der Waals surface area contributed by atoms with Gasteiger partial charge in [0.15, 0.2) is 0 Å². The summed E-state index contributed by atoms with van der Waals surface area (Å²) < 4.78 is 1.80. The van der Waals surface area contributed by atoms with E-state index in [4.69, 9.17) is 11.6 Å². The highest BCUT2D eigenvalue weighted by molar-refractivity contribution is 6.31. The Kier molecular flexibility index (Phi) is 4.36. The molecule has 0 aliphatic rings. The molecule has 0 aliphatic heterocycles. The van der Waals surface area contributed by atoms with Crippen molar-refractivity contribution < 1.29 is 4.79 Å². The molecule has 0 unspecified atom stereocenters. The summed E-state index contributed by atoms with van der Waals surface area (Å²) in [5, 5.41) is 4.99. The van der Waals surface area contributed by atoms with Gasteiger partial charge in [-0.25, -0.2) is 0 Å². The summed E-state index contributed by atoms with van der Waals surface area (Å²) in [5.41, 5.74) is 1.63. The number of hydrogen-bond acceptors (Lipinski definition) is 2. The third-order valence-electron chi connectivity index (χ3n) is 2.92. The first-order valence-corrected chi connectivity index (χ1v) is 6.32. The van der Waals surface area contributed by atoms with E-state index in [1.54, 1.807) is 4.68 Å². The smallest absolute Gasteiger partial charge is 0.138 e. The summed E-state index contributed by atoms with van der Waals surface area (Å²) in [5.74, 6) is 0.299. The lowest BCUT2D eigenvalue weighted by Gasteiger charge is -2.16. The van der Waals surface area contributed by atoms with Crippen LogP contribution in [-0.4, -0.2) is 15.6 Å². The minimum absolute atomic E-state index is 0.244. The van der Waals surface area contributed by atoms with Gasteiger partial charge in [-0.1, -0.05) is 32.4 Å². The number of Topliss-reactive ketones (excluding diaryl/α,β-unsaturated/α-hetero) is 1. The summed E-state index contributed by atoms with van der Waals surface area (Å²) in [6, 6.07) is 0. The SMILES string of the molecule is Cc1nn(C)c(CCCC(=O)C(C)(C)C)c1Cl. The second-order valence-electron chi connectivity index (χ2n) is 5.50. The molecule has 1 aromatic heterocycles. The summed E-state index contributed by atoms with van der Waals surface area (Å²) in [6.07, 6.45) is 2.23. The van der Waals surface area contributed by atoms with E-state index < -0.39 is 0 Å². The second-order valence-corrected chi connectivity index (χ2v) is 5.87. The average molecular weight is 257 g/mol. The Bertz CT molecular complexity index is 416. The zero-order valence-electron chi connectivity index (χ0n) is 11.3. The van der Waals surface area contributed by atoms with Gasteiger partial charge in [0, 0.05) is 18.9 Å². The van der Waals surface area contributed by atoms with Crippen molar-refractivity contribution in [2.75, 3.05) is 0 Å². The minimum Gasteiger partial charge on any atom is -0.299 e. The third-order valence-corrected chi connectivity index (χ3v) is 3.41. The van der Waals surface area contributed by atoms with Crippen molar-refractivity contribution in [3.63, 3.8) is 0 Å². The van der Waals surface area contributed by atoms with Gasteiger partial charge >= 0.3 is 0 Å². The number of aromatic nitrogens is 2. The predicted octanol–water partition coefficient (Wildman–Crippen LogP) is 3.32. The van der Waals surface area contributed by atoms with Crippen molar-refractivity contribution in [2.24, 2.45) is 12.5 Å². The van der Waals surface area contributed by atoms with Gasteiger partial charge in [0.1, 0.15) is 5.78 Å². The van der Waals surface area contributed by atoms with Gasteiger partial charge in [-0.2, -0.15) is 5.10 Å². The van der Waals surface area contributed by atoms with E-state index in [1.807, 2.05) is 34.7 Å². The molecule has 0 bridgehead atoms. The molecular formula is C13H21ClN2O. The van der Waals surface area contributed by atoms with Gasteiger partial charge in [-0.15, -0.1) is 0 Å². The number of halogens is 1. The topological polar surface area (TPSA) is 34.9 Å². The normalized spacial score (nSPS) is 11.9. The highest BCUT2D eigenvalue weighted by Crippen LogP contribution is 2.23. The molecule has 96 valence electrons. The van der Waals surface area contributed by atoms with E-state index in [1.165, 1.54) is 0 Å².